The van der Waals surface area contributed by atoms with Crippen molar-refractivity contribution in [1.29, 1.82) is 0 Å². The van der Waals surface area contributed by atoms with E-state index in [-0.39, 0.29) is 21.5 Å². The van der Waals surface area contributed by atoms with E-state index in [1.54, 1.807) is 12.4 Å². The third-order valence-corrected chi connectivity index (χ3v) is 6.91. The van der Waals surface area contributed by atoms with Gasteiger partial charge in [-0.25, -0.2) is 18.1 Å². The molecule has 7 nitrogen and oxygen atoms in total. The predicted molar refractivity (Wildman–Crippen MR) is 114 cm³/mol. The van der Waals surface area contributed by atoms with E-state index in [1.165, 1.54) is 18.2 Å². The fourth-order valence-electron chi connectivity index (χ4n) is 3.15. The van der Waals surface area contributed by atoms with Gasteiger partial charge in [-0.3, -0.25) is 4.79 Å². The molecule has 9 heteroatoms. The van der Waals surface area contributed by atoms with Gasteiger partial charge in [-0.15, -0.1) is 0 Å². The lowest BCUT2D eigenvalue weighted by atomic mass is 10.1. The molecule has 1 fully saturated rings. The van der Waals surface area contributed by atoms with Gasteiger partial charge in [-0.1, -0.05) is 41.9 Å². The smallest absolute Gasteiger partial charge is 0.252 e. The van der Waals surface area contributed by atoms with Crippen molar-refractivity contribution >= 4 is 27.5 Å². The number of nitrogens with zero attached hydrogens (tertiary/aromatic N) is 2. The predicted octanol–water partition coefficient (Wildman–Crippen LogP) is 3.03. The summed E-state index contributed by atoms with van der Waals surface area (Å²) in [7, 11) is -1.94. The van der Waals surface area contributed by atoms with Crippen molar-refractivity contribution < 1.29 is 13.2 Å². The number of carbonyl (C=O) groups excluding carboxylic acids is 1. The molecule has 1 heterocycles. The van der Waals surface area contributed by atoms with Crippen molar-refractivity contribution in [3.8, 4) is 0 Å². The summed E-state index contributed by atoms with van der Waals surface area (Å²) in [5, 5.41) is 3.04. The Labute approximate surface area is 180 Å². The number of nitrogens with one attached hydrogen (secondary N) is 2. The second-order valence-corrected chi connectivity index (χ2v) is 9.34. The first-order chi connectivity index (χ1) is 14.3. The first-order valence-corrected chi connectivity index (χ1v) is 11.4. The Morgan fingerprint density at radius 1 is 1.20 bits per heavy atom. The Balaban J connectivity index is 1.65. The number of rotatable bonds is 7. The fraction of sp³-hybridized carbons (Fsp3) is 0.238. The summed E-state index contributed by atoms with van der Waals surface area (Å²) in [5.74, 6) is 0.234. The topological polar surface area (TPSA) is 93.1 Å². The van der Waals surface area contributed by atoms with Crippen molar-refractivity contribution in [2.75, 3.05) is 0 Å². The van der Waals surface area contributed by atoms with Crippen molar-refractivity contribution in [1.82, 2.24) is 19.6 Å². The van der Waals surface area contributed by atoms with E-state index in [0.29, 0.717) is 5.82 Å². The van der Waals surface area contributed by atoms with Crippen LogP contribution < -0.4 is 10.0 Å². The van der Waals surface area contributed by atoms with Gasteiger partial charge < -0.3 is 9.88 Å². The summed E-state index contributed by atoms with van der Waals surface area (Å²) in [6, 6.07) is 13.1. The molecule has 4 rings (SSSR count). The van der Waals surface area contributed by atoms with Crippen molar-refractivity contribution in [3.05, 3.63) is 82.9 Å². The standard InChI is InChI=1S/C21H21ClN4O3S/c1-26-12-11-23-20(26)19(14-5-3-2-4-6-14)24-21(27)15-7-10-17(22)18(13-15)30(28,29)25-16-8-9-16/h2-7,10-13,16,19,25H,8-9H2,1H3,(H,24,27)/t19-/m1/s1. The summed E-state index contributed by atoms with van der Waals surface area (Å²) >= 11 is 6.13. The maximum Gasteiger partial charge on any atom is 0.252 e. The number of amides is 1. The lowest BCUT2D eigenvalue weighted by Crippen LogP contribution is -2.31. The van der Waals surface area contributed by atoms with Crippen molar-refractivity contribution in [3.63, 3.8) is 0 Å². The summed E-state index contributed by atoms with van der Waals surface area (Å²) in [4.78, 5) is 17.3. The highest BCUT2D eigenvalue weighted by molar-refractivity contribution is 7.89. The molecule has 1 aliphatic carbocycles. The molecule has 0 bridgehead atoms. The molecule has 0 unspecified atom stereocenters. The van der Waals surface area contributed by atoms with Crippen LogP contribution in [-0.2, 0) is 17.1 Å². The van der Waals surface area contributed by atoms with E-state index in [0.717, 1.165) is 18.4 Å². The van der Waals surface area contributed by atoms with Gasteiger partial charge in [0.1, 0.15) is 16.8 Å². The second-order valence-electron chi connectivity index (χ2n) is 7.25. The van der Waals surface area contributed by atoms with Gasteiger partial charge in [0.05, 0.1) is 5.02 Å². The normalized spacial score (nSPS) is 15.0. The summed E-state index contributed by atoms with van der Waals surface area (Å²) in [6.07, 6.45) is 5.07. The molecule has 0 aliphatic heterocycles. The third kappa shape index (κ3) is 4.40. The number of sulfonamides is 1. The number of carbonyl (C=O) groups is 1. The molecule has 1 amide bonds. The highest BCUT2D eigenvalue weighted by Crippen LogP contribution is 2.27. The molecule has 156 valence electrons. The number of hydrogen-bond donors (Lipinski definition) is 2. The van der Waals surface area contributed by atoms with E-state index in [1.807, 2.05) is 41.9 Å². The van der Waals surface area contributed by atoms with Crippen LogP contribution in [-0.4, -0.2) is 29.9 Å². The maximum absolute atomic E-state index is 13.1. The molecule has 2 N–H and O–H groups in total. The zero-order valence-corrected chi connectivity index (χ0v) is 17.8. The van der Waals surface area contributed by atoms with E-state index < -0.39 is 22.0 Å². The SMILES string of the molecule is Cn1ccnc1[C@H](NC(=O)c1ccc(Cl)c(S(=O)(=O)NC2CC2)c1)c1ccccc1. The van der Waals surface area contributed by atoms with E-state index in [4.69, 9.17) is 11.6 Å². The minimum Gasteiger partial charge on any atom is -0.338 e. The minimum atomic E-state index is -3.79. The fourth-order valence-corrected chi connectivity index (χ4v) is 4.98. The zero-order chi connectivity index (χ0) is 21.3. The molecular weight excluding hydrogens is 424 g/mol. The van der Waals surface area contributed by atoms with Crippen LogP contribution in [0.25, 0.3) is 0 Å². The van der Waals surface area contributed by atoms with Crippen molar-refractivity contribution in [2.45, 2.75) is 29.8 Å². The largest absolute Gasteiger partial charge is 0.338 e. The Hall–Kier alpha value is -2.68. The molecule has 3 aromatic rings. The Kier molecular flexibility index (Phi) is 5.64. The van der Waals surface area contributed by atoms with Crippen LogP contribution in [0.5, 0.6) is 0 Å². The van der Waals surface area contributed by atoms with Gasteiger partial charge in [0.15, 0.2) is 0 Å². The second kappa shape index (κ2) is 8.22. The van der Waals surface area contributed by atoms with Crippen LogP contribution in [0, 0.1) is 0 Å². The first-order valence-electron chi connectivity index (χ1n) is 9.50. The average molecular weight is 445 g/mol. The zero-order valence-electron chi connectivity index (χ0n) is 16.2. The minimum absolute atomic E-state index is 0.0607. The van der Waals surface area contributed by atoms with E-state index in [9.17, 15) is 13.2 Å². The number of halogens is 1. The molecule has 1 saturated carbocycles. The quantitative estimate of drug-likeness (QED) is 0.585. The highest BCUT2D eigenvalue weighted by atomic mass is 35.5. The van der Waals surface area contributed by atoms with E-state index in [2.05, 4.69) is 15.0 Å². The number of aromatic nitrogens is 2. The van der Waals surface area contributed by atoms with Gasteiger partial charge in [0.2, 0.25) is 10.0 Å². The Morgan fingerprint density at radius 3 is 2.57 bits per heavy atom. The molecule has 1 aromatic heterocycles. The molecule has 0 spiro atoms. The molecule has 30 heavy (non-hydrogen) atoms. The van der Waals surface area contributed by atoms with Crippen molar-refractivity contribution in [2.24, 2.45) is 7.05 Å². The van der Waals surface area contributed by atoms with Gasteiger partial charge in [0, 0.05) is 31.0 Å². The maximum atomic E-state index is 13.1. The van der Waals surface area contributed by atoms with Crippen LogP contribution >= 0.6 is 11.6 Å². The number of hydrogen-bond acceptors (Lipinski definition) is 4. The lowest BCUT2D eigenvalue weighted by molar-refractivity contribution is 0.0941. The van der Waals surface area contributed by atoms with Gasteiger partial charge >= 0.3 is 0 Å². The lowest BCUT2D eigenvalue weighted by Gasteiger charge is -2.19. The summed E-state index contributed by atoms with van der Waals surface area (Å²) < 4.78 is 29.6. The molecular formula is C21H21ClN4O3S. The first kappa shape index (κ1) is 20.6. The van der Waals surface area contributed by atoms with Gasteiger partial charge in [-0.2, -0.15) is 0 Å². The molecule has 2 aromatic carbocycles. The molecule has 0 saturated heterocycles. The third-order valence-electron chi connectivity index (χ3n) is 4.91. The monoisotopic (exact) mass is 444 g/mol. The van der Waals surface area contributed by atoms with Crippen LogP contribution in [0.3, 0.4) is 0 Å². The Morgan fingerprint density at radius 2 is 1.93 bits per heavy atom. The van der Waals surface area contributed by atoms with Crippen LogP contribution in [0.4, 0.5) is 0 Å². The van der Waals surface area contributed by atoms with Crippen LogP contribution in [0.15, 0.2) is 65.8 Å². The Bertz CT molecular complexity index is 1170. The number of aryl methyl sites for hydroxylation is 1. The summed E-state index contributed by atoms with van der Waals surface area (Å²) in [6.45, 7) is 0. The highest BCUT2D eigenvalue weighted by Gasteiger charge is 2.30. The molecule has 1 aliphatic rings. The van der Waals surface area contributed by atoms with Crippen LogP contribution in [0.1, 0.15) is 40.6 Å². The van der Waals surface area contributed by atoms with Gasteiger partial charge in [-0.05, 0) is 36.6 Å². The van der Waals surface area contributed by atoms with E-state index >= 15 is 0 Å². The summed E-state index contributed by atoms with van der Waals surface area (Å²) in [5.41, 5.74) is 1.06. The van der Waals surface area contributed by atoms with Crippen LogP contribution in [0.2, 0.25) is 5.02 Å². The molecule has 1 atom stereocenters. The molecule has 0 radical (unpaired) electrons. The number of imidazole rings is 1. The number of benzene rings is 2. The van der Waals surface area contributed by atoms with Gasteiger partial charge in [0.25, 0.3) is 5.91 Å². The average Bonchev–Trinajstić information content (AvgIpc) is 3.43.